The van der Waals surface area contributed by atoms with Gasteiger partial charge >= 0.3 is 0 Å². The predicted molar refractivity (Wildman–Crippen MR) is 151 cm³/mol. The van der Waals surface area contributed by atoms with E-state index in [4.69, 9.17) is 4.74 Å². The summed E-state index contributed by atoms with van der Waals surface area (Å²) in [6.07, 6.45) is 1.02. The Bertz CT molecular complexity index is 1240. The van der Waals surface area contributed by atoms with Crippen LogP contribution in [0.25, 0.3) is 0 Å². The fourth-order valence-corrected chi connectivity index (χ4v) is 7.37. The summed E-state index contributed by atoms with van der Waals surface area (Å²) >= 11 is 0. The van der Waals surface area contributed by atoms with E-state index in [0.29, 0.717) is 25.9 Å². The van der Waals surface area contributed by atoms with Gasteiger partial charge in [-0.25, -0.2) is 0 Å². The average Bonchev–Trinajstić information content (AvgIpc) is 3.46. The highest BCUT2D eigenvalue weighted by molar-refractivity contribution is 5.99. The number of carbonyl (C=O) groups excluding carboxylic acids is 3. The summed E-state index contributed by atoms with van der Waals surface area (Å²) in [5.74, 6) is -2.26. The minimum atomic E-state index is -1.15. The summed E-state index contributed by atoms with van der Waals surface area (Å²) in [6.45, 7) is 8.37. The molecule has 2 aromatic carbocycles. The zero-order valence-electron chi connectivity index (χ0n) is 23.8. The van der Waals surface area contributed by atoms with Crippen molar-refractivity contribution in [2.24, 2.45) is 23.7 Å². The molecule has 214 valence electrons. The highest BCUT2D eigenvalue weighted by Crippen LogP contribution is 2.65. The number of fused-ring (bicyclic) bond motifs is 1. The fourth-order valence-electron chi connectivity index (χ4n) is 7.37. The van der Waals surface area contributed by atoms with Crippen LogP contribution in [0.3, 0.4) is 0 Å². The molecule has 0 saturated carbocycles. The molecule has 1 spiro atoms. The van der Waals surface area contributed by atoms with Crippen LogP contribution < -0.4 is 10.6 Å². The fraction of sp³-hybridized carbons (Fsp3) is 0.531. The molecule has 2 bridgehead atoms. The molecule has 3 heterocycles. The van der Waals surface area contributed by atoms with Crippen molar-refractivity contribution in [1.29, 1.82) is 0 Å². The number of hydrogen-bond acceptors (Lipinski definition) is 5. The van der Waals surface area contributed by atoms with E-state index in [9.17, 15) is 19.5 Å². The van der Waals surface area contributed by atoms with Gasteiger partial charge in [0.1, 0.15) is 11.6 Å². The Hall–Kier alpha value is -3.23. The molecule has 3 aliphatic rings. The van der Waals surface area contributed by atoms with Gasteiger partial charge in [-0.1, -0.05) is 81.4 Å². The molecular formula is C32H41N3O5. The van der Waals surface area contributed by atoms with Gasteiger partial charge in [-0.3, -0.25) is 14.4 Å². The van der Waals surface area contributed by atoms with Crippen LogP contribution in [0.4, 0.5) is 0 Å². The number of ether oxygens (including phenoxy) is 1. The molecule has 3 unspecified atom stereocenters. The molecule has 5 rings (SSSR count). The van der Waals surface area contributed by atoms with Crippen molar-refractivity contribution in [3.05, 3.63) is 71.8 Å². The van der Waals surface area contributed by atoms with Crippen molar-refractivity contribution in [2.75, 3.05) is 6.61 Å². The van der Waals surface area contributed by atoms with Crippen LogP contribution in [0.1, 0.15) is 51.7 Å². The Kier molecular flexibility index (Phi) is 7.77. The third-order valence-electron chi connectivity index (χ3n) is 9.25. The number of amides is 3. The van der Waals surface area contributed by atoms with E-state index in [2.05, 4.69) is 10.6 Å². The van der Waals surface area contributed by atoms with Crippen molar-refractivity contribution in [3.8, 4) is 0 Å². The summed E-state index contributed by atoms with van der Waals surface area (Å²) in [5, 5.41) is 16.5. The Morgan fingerprint density at radius 1 is 1.00 bits per heavy atom. The Labute approximate surface area is 236 Å². The molecule has 7 atom stereocenters. The van der Waals surface area contributed by atoms with E-state index in [1.165, 1.54) is 0 Å². The van der Waals surface area contributed by atoms with E-state index in [1.807, 2.05) is 88.4 Å². The molecule has 3 saturated heterocycles. The Morgan fingerprint density at radius 2 is 1.55 bits per heavy atom. The maximum absolute atomic E-state index is 14.4. The normalized spacial score (nSPS) is 31.4. The van der Waals surface area contributed by atoms with Crippen LogP contribution in [-0.4, -0.2) is 57.6 Å². The summed E-state index contributed by atoms with van der Waals surface area (Å²) in [6, 6.07) is 17.7. The first-order valence-electron chi connectivity index (χ1n) is 14.4. The lowest BCUT2D eigenvalue weighted by Gasteiger charge is -2.37. The first-order chi connectivity index (χ1) is 19.1. The van der Waals surface area contributed by atoms with Gasteiger partial charge in [0.2, 0.25) is 17.7 Å². The third-order valence-corrected chi connectivity index (χ3v) is 9.25. The molecule has 40 heavy (non-hydrogen) atoms. The van der Waals surface area contributed by atoms with Crippen molar-refractivity contribution >= 4 is 17.7 Å². The number of nitrogens with one attached hydrogen (secondary N) is 2. The van der Waals surface area contributed by atoms with E-state index in [1.54, 1.807) is 4.90 Å². The van der Waals surface area contributed by atoms with Crippen molar-refractivity contribution < 1.29 is 24.2 Å². The lowest BCUT2D eigenvalue weighted by molar-refractivity contribution is -0.151. The zero-order chi connectivity index (χ0) is 28.7. The molecule has 3 N–H and O–H groups in total. The van der Waals surface area contributed by atoms with Gasteiger partial charge < -0.3 is 25.4 Å². The Morgan fingerprint density at radius 3 is 2.08 bits per heavy atom. The second-order valence-corrected chi connectivity index (χ2v) is 12.3. The number of rotatable bonds is 10. The molecule has 0 radical (unpaired) electrons. The largest absolute Gasteiger partial charge is 0.394 e. The van der Waals surface area contributed by atoms with E-state index in [-0.39, 0.29) is 36.2 Å². The number of likely N-dealkylation sites (tertiary alicyclic amines) is 1. The van der Waals surface area contributed by atoms with Crippen molar-refractivity contribution in [1.82, 2.24) is 15.5 Å². The number of aliphatic hydroxyl groups excluding tert-OH is 1. The van der Waals surface area contributed by atoms with Crippen LogP contribution >= 0.6 is 0 Å². The van der Waals surface area contributed by atoms with Crippen LogP contribution in [0, 0.1) is 23.7 Å². The molecule has 8 nitrogen and oxygen atoms in total. The maximum Gasteiger partial charge on any atom is 0.246 e. The molecule has 2 aromatic rings. The number of benzene rings is 2. The summed E-state index contributed by atoms with van der Waals surface area (Å²) in [5.41, 5.74) is -0.136. The molecular weight excluding hydrogens is 506 g/mol. The average molecular weight is 548 g/mol. The molecule has 3 fully saturated rings. The van der Waals surface area contributed by atoms with Gasteiger partial charge in [0.15, 0.2) is 0 Å². The standard InChI is InChI=1S/C32H41N3O5/c1-20(2)15-24(19-36)35-27(29(38)34-18-23-13-9-6-10-14-23)32-16-21(3)31(4,40-32)25(26(32)30(35)39)28(37)33-17-22-11-7-5-8-12-22/h5-14,20-21,24-27,36H,15-19H2,1-4H3,(H,33,37)(H,34,38)/t21?,24-,25+,26+,27?,31-,32?/m1/s1. The summed E-state index contributed by atoms with van der Waals surface area (Å²) in [7, 11) is 0. The van der Waals surface area contributed by atoms with Crippen molar-refractivity contribution in [2.45, 2.75) is 76.9 Å². The minimum absolute atomic E-state index is 0.0499. The van der Waals surface area contributed by atoms with E-state index >= 15 is 0 Å². The second-order valence-electron chi connectivity index (χ2n) is 12.3. The van der Waals surface area contributed by atoms with Gasteiger partial charge in [0.25, 0.3) is 0 Å². The maximum atomic E-state index is 14.4. The first-order valence-corrected chi connectivity index (χ1v) is 14.4. The highest BCUT2D eigenvalue weighted by Gasteiger charge is 2.80. The van der Waals surface area contributed by atoms with Crippen LogP contribution in [0.2, 0.25) is 0 Å². The molecule has 3 amide bonds. The second kappa shape index (κ2) is 11.0. The van der Waals surface area contributed by atoms with E-state index in [0.717, 1.165) is 11.1 Å². The van der Waals surface area contributed by atoms with Crippen LogP contribution in [-0.2, 0) is 32.2 Å². The minimum Gasteiger partial charge on any atom is -0.394 e. The summed E-state index contributed by atoms with van der Waals surface area (Å²) in [4.78, 5) is 43.8. The van der Waals surface area contributed by atoms with Gasteiger partial charge in [-0.15, -0.1) is 0 Å². The predicted octanol–water partition coefficient (Wildman–Crippen LogP) is 3.04. The van der Waals surface area contributed by atoms with Crippen molar-refractivity contribution in [3.63, 3.8) is 0 Å². The number of nitrogens with zero attached hydrogens (tertiary/aromatic N) is 1. The molecule has 0 aliphatic carbocycles. The molecule has 8 heteroatoms. The lowest BCUT2D eigenvalue weighted by Crippen LogP contribution is -2.58. The van der Waals surface area contributed by atoms with Gasteiger partial charge in [0, 0.05) is 13.1 Å². The topological polar surface area (TPSA) is 108 Å². The van der Waals surface area contributed by atoms with E-state index < -0.39 is 35.1 Å². The summed E-state index contributed by atoms with van der Waals surface area (Å²) < 4.78 is 6.79. The molecule has 0 aromatic heterocycles. The number of hydrogen-bond donors (Lipinski definition) is 3. The number of carbonyl (C=O) groups is 3. The van der Waals surface area contributed by atoms with Gasteiger partial charge in [0.05, 0.1) is 30.1 Å². The lowest BCUT2D eigenvalue weighted by atomic mass is 9.62. The Balaban J connectivity index is 1.49. The highest BCUT2D eigenvalue weighted by atomic mass is 16.5. The smallest absolute Gasteiger partial charge is 0.246 e. The van der Waals surface area contributed by atoms with Crippen LogP contribution in [0.15, 0.2) is 60.7 Å². The van der Waals surface area contributed by atoms with Gasteiger partial charge in [-0.2, -0.15) is 0 Å². The monoisotopic (exact) mass is 547 g/mol. The van der Waals surface area contributed by atoms with Gasteiger partial charge in [-0.05, 0) is 42.7 Å². The zero-order valence-corrected chi connectivity index (χ0v) is 23.8. The molecule has 3 aliphatic heterocycles. The van der Waals surface area contributed by atoms with Crippen LogP contribution in [0.5, 0.6) is 0 Å². The first kappa shape index (κ1) is 28.3. The quantitative estimate of drug-likeness (QED) is 0.424. The third kappa shape index (κ3) is 4.71. The SMILES string of the molecule is CC(C)C[C@H](CO)N1C(=O)[C@@H]2[C@@H](C(=O)NCc3ccccc3)[C@]3(C)OC2(CC3C)C1C(=O)NCc1ccccc1. The number of aliphatic hydroxyl groups is 1.